The van der Waals surface area contributed by atoms with Crippen molar-refractivity contribution in [1.29, 1.82) is 0 Å². The van der Waals surface area contributed by atoms with Crippen LogP contribution in [0.4, 0.5) is 10.7 Å². The van der Waals surface area contributed by atoms with Crippen LogP contribution in [0.25, 0.3) is 0 Å². The zero-order valence-electron chi connectivity index (χ0n) is 21.7. The van der Waals surface area contributed by atoms with E-state index in [1.165, 1.54) is 50.9 Å². The minimum atomic E-state index is -4.18. The summed E-state index contributed by atoms with van der Waals surface area (Å²) in [4.78, 5) is 27.1. The number of amides is 1. The number of hydrogen-bond donors (Lipinski definition) is 1. The molecular formula is C27H30N2O7S2. The van der Waals surface area contributed by atoms with Crippen molar-refractivity contribution < 1.29 is 32.2 Å². The van der Waals surface area contributed by atoms with E-state index in [1.807, 2.05) is 6.92 Å². The number of nitrogens with zero attached hydrogens (tertiary/aromatic N) is 1. The van der Waals surface area contributed by atoms with Gasteiger partial charge in [-0.05, 0) is 62.4 Å². The number of carbonyl (C=O) groups is 2. The second kappa shape index (κ2) is 11.4. The zero-order valence-corrected chi connectivity index (χ0v) is 23.3. The summed E-state index contributed by atoms with van der Waals surface area (Å²) in [5.74, 6) is -0.452. The number of esters is 1. The van der Waals surface area contributed by atoms with E-state index < -0.39 is 28.4 Å². The Morgan fingerprint density at radius 1 is 1.00 bits per heavy atom. The molecule has 1 aliphatic rings. The van der Waals surface area contributed by atoms with Gasteiger partial charge < -0.3 is 19.5 Å². The van der Waals surface area contributed by atoms with E-state index in [0.717, 1.165) is 46.0 Å². The minimum Gasteiger partial charge on any atom is -0.497 e. The van der Waals surface area contributed by atoms with E-state index in [4.69, 9.17) is 14.2 Å². The topological polar surface area (TPSA) is 111 Å². The number of fused-ring (bicyclic) bond motifs is 1. The number of sulfonamides is 1. The Labute approximate surface area is 226 Å². The van der Waals surface area contributed by atoms with Gasteiger partial charge in [-0.25, -0.2) is 13.2 Å². The average Bonchev–Trinajstić information content (AvgIpc) is 3.28. The molecular weight excluding hydrogens is 528 g/mol. The van der Waals surface area contributed by atoms with E-state index in [1.54, 1.807) is 24.3 Å². The van der Waals surface area contributed by atoms with Gasteiger partial charge in [-0.15, -0.1) is 11.3 Å². The van der Waals surface area contributed by atoms with Crippen LogP contribution in [0.5, 0.6) is 11.5 Å². The maximum atomic E-state index is 13.8. The van der Waals surface area contributed by atoms with Crippen molar-refractivity contribution in [3.05, 3.63) is 64.0 Å². The summed E-state index contributed by atoms with van der Waals surface area (Å²) in [5.41, 5.74) is 2.30. The highest BCUT2D eigenvalue weighted by Gasteiger charge is 2.32. The van der Waals surface area contributed by atoms with Crippen LogP contribution in [0.3, 0.4) is 0 Å². The lowest BCUT2D eigenvalue weighted by atomic mass is 9.95. The van der Waals surface area contributed by atoms with Crippen LogP contribution in [0.1, 0.15) is 39.2 Å². The molecule has 0 radical (unpaired) electrons. The molecule has 0 bridgehead atoms. The van der Waals surface area contributed by atoms with Gasteiger partial charge in [0.25, 0.3) is 10.0 Å². The molecule has 4 rings (SSSR count). The van der Waals surface area contributed by atoms with Gasteiger partial charge in [0.05, 0.1) is 37.5 Å². The number of thiophene rings is 1. The van der Waals surface area contributed by atoms with E-state index in [-0.39, 0.29) is 16.3 Å². The van der Waals surface area contributed by atoms with Crippen LogP contribution in [0.15, 0.2) is 47.4 Å². The van der Waals surface area contributed by atoms with Crippen molar-refractivity contribution in [2.24, 2.45) is 0 Å². The molecule has 1 N–H and O–H groups in total. The highest BCUT2D eigenvalue weighted by Crippen LogP contribution is 2.39. The number of ether oxygens (including phenoxy) is 3. The molecule has 3 aromatic rings. The summed E-state index contributed by atoms with van der Waals surface area (Å²) in [5, 5.41) is 3.15. The first-order valence-corrected chi connectivity index (χ1v) is 14.3. The largest absolute Gasteiger partial charge is 0.497 e. The number of hydrogen-bond acceptors (Lipinski definition) is 8. The highest BCUT2D eigenvalue weighted by atomic mass is 32.2. The fourth-order valence-corrected chi connectivity index (χ4v) is 7.12. The smallest absolute Gasteiger partial charge is 0.341 e. The number of benzene rings is 2. The molecule has 1 aliphatic carbocycles. The van der Waals surface area contributed by atoms with Crippen molar-refractivity contribution in [1.82, 2.24) is 0 Å². The fraction of sp³-hybridized carbons (Fsp3) is 0.333. The van der Waals surface area contributed by atoms with Crippen LogP contribution in [-0.2, 0) is 32.4 Å². The predicted octanol–water partition coefficient (Wildman–Crippen LogP) is 4.57. The van der Waals surface area contributed by atoms with E-state index in [0.29, 0.717) is 16.3 Å². The summed E-state index contributed by atoms with van der Waals surface area (Å²) in [6.07, 6.45) is 3.49. The Kier molecular flexibility index (Phi) is 8.27. The molecule has 38 heavy (non-hydrogen) atoms. The number of anilines is 2. The van der Waals surface area contributed by atoms with Gasteiger partial charge in [0, 0.05) is 10.9 Å². The van der Waals surface area contributed by atoms with Crippen LogP contribution in [0.2, 0.25) is 0 Å². The van der Waals surface area contributed by atoms with Gasteiger partial charge in [-0.1, -0.05) is 17.7 Å². The maximum absolute atomic E-state index is 13.8. The Morgan fingerprint density at radius 3 is 2.37 bits per heavy atom. The molecule has 0 atom stereocenters. The molecule has 0 spiro atoms. The average molecular weight is 559 g/mol. The second-order valence-electron chi connectivity index (χ2n) is 8.82. The molecule has 9 nitrogen and oxygen atoms in total. The monoisotopic (exact) mass is 558 g/mol. The summed E-state index contributed by atoms with van der Waals surface area (Å²) < 4.78 is 44.3. The predicted molar refractivity (Wildman–Crippen MR) is 146 cm³/mol. The van der Waals surface area contributed by atoms with Crippen molar-refractivity contribution in [2.75, 3.05) is 37.5 Å². The van der Waals surface area contributed by atoms with Gasteiger partial charge >= 0.3 is 5.97 Å². The number of carbonyl (C=O) groups excluding carboxylic acids is 2. The summed E-state index contributed by atoms with van der Waals surface area (Å²) >= 11 is 1.33. The van der Waals surface area contributed by atoms with Crippen LogP contribution < -0.4 is 19.1 Å². The van der Waals surface area contributed by atoms with Crippen molar-refractivity contribution in [3.8, 4) is 11.5 Å². The van der Waals surface area contributed by atoms with Gasteiger partial charge in [0.2, 0.25) is 5.91 Å². The van der Waals surface area contributed by atoms with Crippen molar-refractivity contribution in [2.45, 2.75) is 37.5 Å². The molecule has 1 aromatic heterocycles. The first-order valence-electron chi connectivity index (χ1n) is 12.0. The summed E-state index contributed by atoms with van der Waals surface area (Å²) in [6, 6.07) is 11.0. The summed E-state index contributed by atoms with van der Waals surface area (Å²) in [6.45, 7) is 1.30. The van der Waals surface area contributed by atoms with E-state index >= 15 is 0 Å². The van der Waals surface area contributed by atoms with Crippen LogP contribution in [-0.4, -0.2) is 48.2 Å². The number of rotatable bonds is 9. The zero-order chi connectivity index (χ0) is 27.4. The number of aryl methyl sites for hydroxylation is 2. The Bertz CT molecular complexity index is 1450. The van der Waals surface area contributed by atoms with Crippen molar-refractivity contribution >= 4 is 43.9 Å². The second-order valence-corrected chi connectivity index (χ2v) is 11.8. The Morgan fingerprint density at radius 2 is 1.71 bits per heavy atom. The van der Waals surface area contributed by atoms with Crippen LogP contribution in [0, 0.1) is 6.92 Å². The third-order valence-electron chi connectivity index (χ3n) is 6.37. The molecule has 0 fully saturated rings. The lowest BCUT2D eigenvalue weighted by Gasteiger charge is -2.26. The molecule has 2 aromatic carbocycles. The SMILES string of the molecule is COC(=O)c1c(NC(=O)CN(c2ccc(OC)cc2OC)S(=O)(=O)c2ccc(C)cc2)sc2c1CCCC2. The van der Waals surface area contributed by atoms with E-state index in [2.05, 4.69) is 5.32 Å². The molecule has 0 aliphatic heterocycles. The van der Waals surface area contributed by atoms with Crippen molar-refractivity contribution in [3.63, 3.8) is 0 Å². The normalized spacial score (nSPS) is 12.8. The van der Waals surface area contributed by atoms with Crippen LogP contribution >= 0.6 is 11.3 Å². The molecule has 202 valence electrons. The van der Waals surface area contributed by atoms with Gasteiger partial charge in [0.1, 0.15) is 23.0 Å². The minimum absolute atomic E-state index is 0.0237. The fourth-order valence-electron chi connectivity index (χ4n) is 4.40. The number of methoxy groups -OCH3 is 3. The van der Waals surface area contributed by atoms with E-state index in [9.17, 15) is 18.0 Å². The molecule has 1 heterocycles. The quantitative estimate of drug-likeness (QED) is 0.383. The number of nitrogens with one attached hydrogen (secondary N) is 1. The first kappa shape index (κ1) is 27.5. The first-order chi connectivity index (χ1) is 18.2. The standard InChI is InChI=1S/C27H30N2O7S2/c1-17-9-12-19(13-10-17)38(32,33)29(21-14-11-18(34-2)15-22(21)35-3)16-24(30)28-26-25(27(31)36-4)20-7-5-6-8-23(20)37-26/h9-15H,5-8,16H2,1-4H3,(H,28,30). The van der Waals surface area contributed by atoms with Gasteiger partial charge in [0.15, 0.2) is 0 Å². The summed E-state index contributed by atoms with van der Waals surface area (Å²) in [7, 11) is 0.0168. The maximum Gasteiger partial charge on any atom is 0.341 e. The Hall–Kier alpha value is -3.57. The lowest BCUT2D eigenvalue weighted by Crippen LogP contribution is -2.38. The molecule has 0 unspecified atom stereocenters. The third kappa shape index (κ3) is 5.48. The molecule has 11 heteroatoms. The lowest BCUT2D eigenvalue weighted by molar-refractivity contribution is -0.114. The molecule has 1 amide bonds. The van der Waals surface area contributed by atoms with Gasteiger partial charge in [-0.2, -0.15) is 0 Å². The third-order valence-corrected chi connectivity index (χ3v) is 9.35. The highest BCUT2D eigenvalue weighted by molar-refractivity contribution is 7.92. The van der Waals surface area contributed by atoms with Gasteiger partial charge in [-0.3, -0.25) is 9.10 Å². The molecule has 0 saturated heterocycles. The Balaban J connectivity index is 1.73. The molecule has 0 saturated carbocycles.